The summed E-state index contributed by atoms with van der Waals surface area (Å²) in [6.07, 6.45) is 3.65. The first-order valence-electron chi connectivity index (χ1n) is 5.50. The predicted molar refractivity (Wildman–Crippen MR) is 62.6 cm³/mol. The Morgan fingerprint density at radius 3 is 2.71 bits per heavy atom. The number of carbonyl (C=O) groups excluding carboxylic acids is 1. The molecule has 0 fully saturated rings. The van der Waals surface area contributed by atoms with E-state index in [9.17, 15) is 9.59 Å². The van der Waals surface area contributed by atoms with Crippen molar-refractivity contribution in [2.24, 2.45) is 5.92 Å². The standard InChI is InChI=1S/C12H16N2O3/c1-3-8(2)10(12(16)17)14-11(15)9-5-4-6-13-7-9/h4-8,10H,3H2,1-2H3,(H,14,15)(H,16,17)/t8-,10+/m0/s1. The van der Waals surface area contributed by atoms with Crippen molar-refractivity contribution in [1.82, 2.24) is 10.3 Å². The van der Waals surface area contributed by atoms with E-state index in [2.05, 4.69) is 10.3 Å². The molecule has 5 heteroatoms. The summed E-state index contributed by atoms with van der Waals surface area (Å²) >= 11 is 0. The molecule has 0 aliphatic carbocycles. The van der Waals surface area contributed by atoms with Gasteiger partial charge in [0.2, 0.25) is 0 Å². The Hall–Kier alpha value is -1.91. The number of pyridine rings is 1. The van der Waals surface area contributed by atoms with Gasteiger partial charge in [0.15, 0.2) is 0 Å². The van der Waals surface area contributed by atoms with Gasteiger partial charge < -0.3 is 10.4 Å². The summed E-state index contributed by atoms with van der Waals surface area (Å²) in [5, 5.41) is 11.5. The zero-order valence-corrected chi connectivity index (χ0v) is 9.88. The molecule has 0 aliphatic rings. The monoisotopic (exact) mass is 236 g/mol. The second-order valence-electron chi connectivity index (χ2n) is 3.92. The summed E-state index contributed by atoms with van der Waals surface area (Å²) < 4.78 is 0. The molecule has 0 unspecified atom stereocenters. The topological polar surface area (TPSA) is 79.3 Å². The van der Waals surface area contributed by atoms with Crippen molar-refractivity contribution in [2.75, 3.05) is 0 Å². The molecule has 0 aromatic carbocycles. The molecule has 0 saturated carbocycles. The van der Waals surface area contributed by atoms with Crippen molar-refractivity contribution < 1.29 is 14.7 Å². The molecule has 0 radical (unpaired) electrons. The first-order valence-corrected chi connectivity index (χ1v) is 5.50. The normalized spacial score (nSPS) is 13.8. The zero-order valence-electron chi connectivity index (χ0n) is 9.88. The average Bonchev–Trinajstić information content (AvgIpc) is 2.35. The number of rotatable bonds is 5. The van der Waals surface area contributed by atoms with Crippen LogP contribution in [0.2, 0.25) is 0 Å². The molecule has 1 rings (SSSR count). The summed E-state index contributed by atoms with van der Waals surface area (Å²) in [7, 11) is 0. The SMILES string of the molecule is CC[C@H](C)[C@@H](NC(=O)c1cccnc1)C(=O)O. The van der Waals surface area contributed by atoms with E-state index < -0.39 is 17.9 Å². The van der Waals surface area contributed by atoms with E-state index in [4.69, 9.17) is 5.11 Å². The first-order chi connectivity index (χ1) is 8.06. The lowest BCUT2D eigenvalue weighted by molar-refractivity contribution is -0.140. The highest BCUT2D eigenvalue weighted by Crippen LogP contribution is 2.09. The smallest absolute Gasteiger partial charge is 0.326 e. The van der Waals surface area contributed by atoms with Gasteiger partial charge in [-0.25, -0.2) is 4.79 Å². The van der Waals surface area contributed by atoms with Gasteiger partial charge in [-0.2, -0.15) is 0 Å². The number of amides is 1. The van der Waals surface area contributed by atoms with Crippen LogP contribution in [0.5, 0.6) is 0 Å². The van der Waals surface area contributed by atoms with Crippen LogP contribution >= 0.6 is 0 Å². The van der Waals surface area contributed by atoms with Crippen LogP contribution in [-0.4, -0.2) is 28.0 Å². The fourth-order valence-corrected chi connectivity index (χ4v) is 1.40. The Bertz CT molecular complexity index is 392. The fourth-order valence-electron chi connectivity index (χ4n) is 1.40. The number of carboxylic acids is 1. The van der Waals surface area contributed by atoms with Gasteiger partial charge in [-0.3, -0.25) is 9.78 Å². The average molecular weight is 236 g/mol. The van der Waals surface area contributed by atoms with E-state index in [-0.39, 0.29) is 5.92 Å². The van der Waals surface area contributed by atoms with Crippen LogP contribution in [0.25, 0.3) is 0 Å². The summed E-state index contributed by atoms with van der Waals surface area (Å²) in [4.78, 5) is 26.6. The van der Waals surface area contributed by atoms with E-state index in [0.717, 1.165) is 0 Å². The van der Waals surface area contributed by atoms with E-state index in [1.54, 1.807) is 25.3 Å². The molecule has 0 aliphatic heterocycles. The van der Waals surface area contributed by atoms with E-state index in [1.807, 2.05) is 6.92 Å². The second kappa shape index (κ2) is 5.98. The maximum absolute atomic E-state index is 11.8. The van der Waals surface area contributed by atoms with Crippen LogP contribution in [0.3, 0.4) is 0 Å². The number of carboxylic acid groups (broad SMARTS) is 1. The van der Waals surface area contributed by atoms with Gasteiger partial charge in [0, 0.05) is 12.4 Å². The number of aromatic nitrogens is 1. The van der Waals surface area contributed by atoms with Crippen LogP contribution in [-0.2, 0) is 4.79 Å². The summed E-state index contributed by atoms with van der Waals surface area (Å²) in [6, 6.07) is 2.36. The van der Waals surface area contributed by atoms with Gasteiger partial charge in [0.05, 0.1) is 5.56 Å². The Kier molecular flexibility index (Phi) is 4.63. The Balaban J connectivity index is 2.75. The Morgan fingerprint density at radius 2 is 2.24 bits per heavy atom. The van der Waals surface area contributed by atoms with E-state index >= 15 is 0 Å². The minimum atomic E-state index is -1.02. The number of aliphatic carboxylic acids is 1. The molecule has 1 heterocycles. The Labute approximate surface area is 99.9 Å². The van der Waals surface area contributed by atoms with Crippen LogP contribution < -0.4 is 5.32 Å². The van der Waals surface area contributed by atoms with Crippen molar-refractivity contribution >= 4 is 11.9 Å². The van der Waals surface area contributed by atoms with Gasteiger partial charge in [0.25, 0.3) is 5.91 Å². The highest BCUT2D eigenvalue weighted by Gasteiger charge is 2.25. The third-order valence-corrected chi connectivity index (χ3v) is 2.69. The van der Waals surface area contributed by atoms with E-state index in [0.29, 0.717) is 12.0 Å². The van der Waals surface area contributed by atoms with Crippen LogP contribution in [0.15, 0.2) is 24.5 Å². The summed E-state index contributed by atoms with van der Waals surface area (Å²) in [5.74, 6) is -1.55. The minimum absolute atomic E-state index is 0.117. The lowest BCUT2D eigenvalue weighted by atomic mass is 9.99. The molecule has 5 nitrogen and oxygen atoms in total. The molecule has 1 aromatic rings. The van der Waals surface area contributed by atoms with Gasteiger partial charge in [-0.1, -0.05) is 20.3 Å². The minimum Gasteiger partial charge on any atom is -0.480 e. The predicted octanol–water partition coefficient (Wildman–Crippen LogP) is 1.31. The molecular formula is C12H16N2O3. The quantitative estimate of drug-likeness (QED) is 0.807. The highest BCUT2D eigenvalue weighted by molar-refractivity contribution is 5.96. The number of hydrogen-bond acceptors (Lipinski definition) is 3. The molecule has 0 bridgehead atoms. The second-order valence-corrected chi connectivity index (χ2v) is 3.92. The number of nitrogens with one attached hydrogen (secondary N) is 1. The van der Waals surface area contributed by atoms with Crippen molar-refractivity contribution in [1.29, 1.82) is 0 Å². The van der Waals surface area contributed by atoms with Gasteiger partial charge in [-0.05, 0) is 18.1 Å². The first kappa shape index (κ1) is 13.2. The zero-order chi connectivity index (χ0) is 12.8. The lowest BCUT2D eigenvalue weighted by Gasteiger charge is -2.19. The van der Waals surface area contributed by atoms with Gasteiger partial charge >= 0.3 is 5.97 Å². The summed E-state index contributed by atoms with van der Waals surface area (Å²) in [5.41, 5.74) is 0.363. The molecule has 92 valence electrons. The van der Waals surface area contributed by atoms with Crippen LogP contribution in [0.4, 0.5) is 0 Å². The Morgan fingerprint density at radius 1 is 1.53 bits per heavy atom. The third-order valence-electron chi connectivity index (χ3n) is 2.69. The van der Waals surface area contributed by atoms with Gasteiger partial charge in [-0.15, -0.1) is 0 Å². The molecule has 2 N–H and O–H groups in total. The molecule has 0 saturated heterocycles. The van der Waals surface area contributed by atoms with Gasteiger partial charge in [0.1, 0.15) is 6.04 Å². The van der Waals surface area contributed by atoms with Crippen molar-refractivity contribution in [3.05, 3.63) is 30.1 Å². The maximum Gasteiger partial charge on any atom is 0.326 e. The fraction of sp³-hybridized carbons (Fsp3) is 0.417. The molecule has 0 spiro atoms. The lowest BCUT2D eigenvalue weighted by Crippen LogP contribution is -2.45. The number of carbonyl (C=O) groups is 2. The molecule has 17 heavy (non-hydrogen) atoms. The van der Waals surface area contributed by atoms with Crippen molar-refractivity contribution in [2.45, 2.75) is 26.3 Å². The van der Waals surface area contributed by atoms with Crippen LogP contribution in [0, 0.1) is 5.92 Å². The van der Waals surface area contributed by atoms with E-state index in [1.165, 1.54) is 6.20 Å². The number of nitrogens with zero attached hydrogens (tertiary/aromatic N) is 1. The van der Waals surface area contributed by atoms with Crippen molar-refractivity contribution in [3.63, 3.8) is 0 Å². The number of hydrogen-bond donors (Lipinski definition) is 2. The molecule has 1 aromatic heterocycles. The largest absolute Gasteiger partial charge is 0.480 e. The third kappa shape index (κ3) is 3.55. The maximum atomic E-state index is 11.8. The van der Waals surface area contributed by atoms with Crippen molar-refractivity contribution in [3.8, 4) is 0 Å². The molecule has 2 atom stereocenters. The highest BCUT2D eigenvalue weighted by atomic mass is 16.4. The molecular weight excluding hydrogens is 220 g/mol. The molecule has 1 amide bonds. The summed E-state index contributed by atoms with van der Waals surface area (Å²) in [6.45, 7) is 3.68. The van der Waals surface area contributed by atoms with Crippen LogP contribution in [0.1, 0.15) is 30.6 Å².